The molecule has 18 N–H and O–H groups in total. The number of primary amides is 1. The lowest BCUT2D eigenvalue weighted by atomic mass is 9.90. The van der Waals surface area contributed by atoms with Crippen LogP contribution < -0.4 is 59.3 Å². The maximum Gasteiger partial charge on any atom is 0.303 e. The Labute approximate surface area is 767 Å². The van der Waals surface area contributed by atoms with E-state index in [-0.39, 0.29) is 120 Å². The number of ketones is 1. The number of aliphatic hydroxyl groups is 1. The second-order valence-electron chi connectivity index (χ2n) is 35.1. The number of hydrogen-bond donors (Lipinski definition) is 16. The highest BCUT2D eigenvalue weighted by Crippen LogP contribution is 2.30. The lowest BCUT2D eigenvalue weighted by molar-refractivity contribution is -0.149. The zero-order valence-corrected chi connectivity index (χ0v) is 77.3. The number of likely N-dealkylation sites (N-methyl/N-ethyl adjacent to an activating group) is 3. The topological polar surface area (TPSA) is 559 Å². The van der Waals surface area contributed by atoms with Gasteiger partial charge in [-0.2, -0.15) is 0 Å². The normalized spacial score (nSPS) is 24.8. The molecule has 3 aromatic carbocycles. The number of carboxylic acid groups (broad SMARTS) is 1. The Bertz CT molecular complexity index is 4850. The number of phenolic OH excluding ortho intramolecular Hbond substituents is 1. The fraction of sp³-hybridized carbons (Fsp3) is 0.576. The molecule has 39 heteroatoms. The number of benzene rings is 3. The number of aromatic hydroxyl groups is 1. The second kappa shape index (κ2) is 50.4. The van der Waals surface area contributed by atoms with Crippen molar-refractivity contribution in [3.63, 3.8) is 0 Å². The summed E-state index contributed by atoms with van der Waals surface area (Å²) in [7, 11) is 4.02. The molecular weight excluding hydrogens is 1710 g/mol. The smallest absolute Gasteiger partial charge is 0.303 e. The Morgan fingerprint density at radius 1 is 0.527 bits per heavy atom. The van der Waals surface area contributed by atoms with Crippen LogP contribution in [0.2, 0.25) is 0 Å². The van der Waals surface area contributed by atoms with Crippen LogP contribution >= 0.6 is 11.8 Å². The van der Waals surface area contributed by atoms with Crippen molar-refractivity contribution in [1.29, 1.82) is 0 Å². The number of nitrogens with zero attached hydrogens (tertiary/aromatic N) is 5. The third-order valence-corrected chi connectivity index (χ3v) is 25.3. The number of aliphatic carboxylic acids is 1. The summed E-state index contributed by atoms with van der Waals surface area (Å²) < 4.78 is 0. The number of carbonyl (C=O) groups is 17. The summed E-state index contributed by atoms with van der Waals surface area (Å²) in [5.41, 5.74) is 14.4. The second-order valence-corrected chi connectivity index (χ2v) is 36.2. The van der Waals surface area contributed by atoms with Crippen LogP contribution in [-0.4, -0.2) is 294 Å². The van der Waals surface area contributed by atoms with Gasteiger partial charge in [-0.1, -0.05) is 116 Å². The van der Waals surface area contributed by atoms with E-state index in [1.165, 1.54) is 67.0 Å². The van der Waals surface area contributed by atoms with Gasteiger partial charge in [-0.15, -0.1) is 11.8 Å². The molecule has 38 nitrogen and oxygen atoms in total. The number of rotatable bonds is 26. The van der Waals surface area contributed by atoms with Crippen molar-refractivity contribution in [1.82, 2.24) is 82.3 Å². The van der Waals surface area contributed by atoms with E-state index >= 15 is 33.6 Å². The van der Waals surface area contributed by atoms with Crippen molar-refractivity contribution in [2.45, 2.75) is 255 Å². The van der Waals surface area contributed by atoms with Gasteiger partial charge in [-0.3, -0.25) is 81.5 Å². The Hall–Kier alpha value is -12.0. The molecule has 15 amide bonds. The van der Waals surface area contributed by atoms with Gasteiger partial charge < -0.3 is 109 Å². The number of para-hydroxylation sites is 2. The number of nitrogens with two attached hydrogens (primary N) is 2. The molecule has 5 heterocycles. The van der Waals surface area contributed by atoms with E-state index in [2.05, 4.69) is 57.8 Å². The number of hydrogen-bond acceptors (Lipinski definition) is 21. The first-order valence-electron chi connectivity index (χ1n) is 45.3. The maximum atomic E-state index is 15.7. The van der Waals surface area contributed by atoms with Crippen molar-refractivity contribution in [2.24, 2.45) is 29.2 Å². The first-order chi connectivity index (χ1) is 62.4. The fourth-order valence-electron chi connectivity index (χ4n) is 16.9. The molecule has 0 radical (unpaired) electrons. The molecule has 0 bridgehead atoms. The van der Waals surface area contributed by atoms with Crippen molar-refractivity contribution < 1.29 is 96.8 Å². The number of amides is 15. The molecule has 14 atom stereocenters. The van der Waals surface area contributed by atoms with Gasteiger partial charge in [0, 0.05) is 106 Å². The van der Waals surface area contributed by atoms with E-state index in [1.54, 1.807) is 56.6 Å². The number of nitrogens with one attached hydrogen (secondary N) is 11. The highest BCUT2D eigenvalue weighted by molar-refractivity contribution is 8.00. The molecule has 3 fully saturated rings. The van der Waals surface area contributed by atoms with E-state index in [4.69, 9.17) is 11.5 Å². The van der Waals surface area contributed by atoms with E-state index in [0.717, 1.165) is 21.6 Å². The Balaban J connectivity index is 1.18. The summed E-state index contributed by atoms with van der Waals surface area (Å²) in [4.78, 5) is 261. The summed E-state index contributed by atoms with van der Waals surface area (Å²) in [6, 6.07) is 1.44. The number of phenols is 1. The number of thioether (sulfide) groups is 1. The number of carboxylic acids is 1. The zero-order valence-electron chi connectivity index (χ0n) is 76.5. The minimum Gasteiger partial charge on any atom is -0.508 e. The van der Waals surface area contributed by atoms with Gasteiger partial charge in [-0.05, 0) is 143 Å². The molecule has 2 aromatic heterocycles. The lowest BCUT2D eigenvalue weighted by Crippen LogP contribution is -2.61. The van der Waals surface area contributed by atoms with Crippen molar-refractivity contribution >= 4 is 134 Å². The number of H-pyrrole nitrogens is 2. The lowest BCUT2D eigenvalue weighted by Gasteiger charge is -2.36. The summed E-state index contributed by atoms with van der Waals surface area (Å²) >= 11 is 0.804. The molecule has 3 saturated heterocycles. The Kier molecular flexibility index (Phi) is 40.2. The van der Waals surface area contributed by atoms with Gasteiger partial charge in [0.2, 0.25) is 88.6 Å². The largest absolute Gasteiger partial charge is 0.508 e. The first-order valence-corrected chi connectivity index (χ1v) is 46.4. The van der Waals surface area contributed by atoms with Crippen LogP contribution in [-0.2, 0) is 101 Å². The van der Waals surface area contributed by atoms with Gasteiger partial charge in [0.15, 0.2) is 5.78 Å². The number of aromatic amines is 2. The fourth-order valence-corrected chi connectivity index (χ4v) is 17.7. The number of unbranched alkanes of at least 4 members (excludes halogenated alkanes) is 2. The number of aliphatic hydroxyl groups excluding tert-OH is 1. The Morgan fingerprint density at radius 3 is 1.63 bits per heavy atom. The molecule has 8 rings (SSSR count). The predicted octanol–water partition coefficient (Wildman–Crippen LogP) is 1.74. The molecule has 0 aliphatic carbocycles. The summed E-state index contributed by atoms with van der Waals surface area (Å²) in [5, 5.41) is 57.0. The van der Waals surface area contributed by atoms with Crippen molar-refractivity contribution in [3.05, 3.63) is 102 Å². The van der Waals surface area contributed by atoms with Crippen LogP contribution in [0.25, 0.3) is 21.8 Å². The Morgan fingerprint density at radius 2 is 1.04 bits per heavy atom. The minimum absolute atomic E-state index is 0.0388. The molecule has 716 valence electrons. The SMILES string of the molecule is CCCC[C@H]1C(=O)N(C)[C@@H](CCCC)C(=O)N[C@@H](CC(C)C)C(=O)N[C@H](C(=O)NCC(N)=O)CSCC(=O)N[C@@H](Cc2ccc(O)cc2)C(=O)N(C)[C@@H](C)C(=O)N[C@@H](CCC(=O)O)C(=O)N2CCC[C@H]2C(=O)N[C@@H](CCCN)C(=O)N[C@@H](CC(C)C)C(=O)N2CCC[C@H]2C(=O)C[C@@H](Cc2c[nH]c3ccccc23)C(=O)N[C@@H](CO)C(=O)N[C@@H](Cc2c[nH]c3ccccc23)C(=O)N1C. The molecule has 3 aliphatic rings. The number of fused-ring (bicyclic) bond motifs is 4. The summed E-state index contributed by atoms with van der Waals surface area (Å²) in [5.74, 6) is -17.5. The van der Waals surface area contributed by atoms with Gasteiger partial charge in [0.05, 0.1) is 24.9 Å². The van der Waals surface area contributed by atoms with Gasteiger partial charge >= 0.3 is 5.97 Å². The van der Waals surface area contributed by atoms with E-state index in [1.807, 2.05) is 45.9 Å². The molecule has 0 spiro atoms. The van der Waals surface area contributed by atoms with E-state index < -0.39 is 223 Å². The molecule has 0 saturated carbocycles. The molecule has 5 aromatic rings. The maximum absolute atomic E-state index is 15.7. The quantitative estimate of drug-likeness (QED) is 0.0375. The highest BCUT2D eigenvalue weighted by Gasteiger charge is 2.45. The summed E-state index contributed by atoms with van der Waals surface area (Å²) in [6.45, 7) is 10.5. The first kappa shape index (κ1) is 104. The van der Waals surface area contributed by atoms with Gasteiger partial charge in [-0.25, -0.2) is 0 Å². The average molecular weight is 1840 g/mol. The molecule has 131 heavy (non-hydrogen) atoms. The van der Waals surface area contributed by atoms with E-state index in [0.29, 0.717) is 70.6 Å². The molecule has 3 aliphatic heterocycles. The van der Waals surface area contributed by atoms with Crippen LogP contribution in [0.1, 0.15) is 174 Å². The number of Topliss-reactive ketones (excluding diaryl/α,β-unsaturated/α-hetero) is 1. The third kappa shape index (κ3) is 29.5. The average Bonchev–Trinajstić information content (AvgIpc) is 1.79. The van der Waals surface area contributed by atoms with Crippen molar-refractivity contribution in [3.8, 4) is 5.75 Å². The van der Waals surface area contributed by atoms with Crippen LogP contribution in [0.5, 0.6) is 5.75 Å². The van der Waals surface area contributed by atoms with E-state index in [9.17, 15) is 63.3 Å². The molecule has 0 unspecified atom stereocenters. The molecular formula is C92H132N18O20S. The third-order valence-electron chi connectivity index (χ3n) is 24.3. The highest BCUT2D eigenvalue weighted by atomic mass is 32.2. The standard InChI is InChI=1S/C92H132N18O20S/c1-11-13-27-73-86(124)101-66(40-52(3)4)84(122)105-71(82(120)97-48-77(94)114)50-131-51-78(115)98-68(42-55-31-33-59(112)34-32-55)88(126)106(8)54(7)80(118)100-65(35-36-79(116)117)90(128)110-39-21-30-74(110)87(125)99-64(26-19-37-93)83(121)102-67(41-53(5)6)91(129)109-38-20-29-72(109)76(113)45-56(43-57-46-95-62-24-17-15-22-60(57)62)81(119)104-70(49-111)85(123)103-69(44-58-47-96-63-25-18-16-23-61(58)63)89(127)108(10)75(28-14-12-2)92(130)107(73)9/h15-18,22-25,31-34,46-47,52-54,56,64-75,95-96,111-112H,11-14,19-21,26-30,35-45,48-51,93H2,1-10H3,(H2,94,114)(H,97,120)(H,98,115)(H,99,125)(H,100,118)(H,101,124)(H,102,121)(H,103,123)(H,104,119)(H,105,122)(H,116,117)/t54-,56+,64-,65-,66-,67-,68-,69-,70-,71-,72-,73-,74-,75-/m0/s1. The van der Waals surface area contributed by atoms with Crippen molar-refractivity contribution in [2.75, 3.05) is 65.4 Å². The minimum atomic E-state index is -1.79. The van der Waals surface area contributed by atoms with Crippen LogP contribution in [0.3, 0.4) is 0 Å². The van der Waals surface area contributed by atoms with Crippen LogP contribution in [0, 0.1) is 17.8 Å². The summed E-state index contributed by atoms with van der Waals surface area (Å²) in [6.07, 6.45) is 3.84. The number of carbonyl (C=O) groups excluding carboxylic acids is 16. The van der Waals surface area contributed by atoms with Crippen LogP contribution in [0.4, 0.5) is 0 Å². The predicted molar refractivity (Wildman–Crippen MR) is 489 cm³/mol. The van der Waals surface area contributed by atoms with Gasteiger partial charge in [0.25, 0.3) is 0 Å². The zero-order chi connectivity index (χ0) is 96.0. The number of aromatic nitrogens is 2. The monoisotopic (exact) mass is 1840 g/mol. The van der Waals surface area contributed by atoms with Gasteiger partial charge in [0.1, 0.15) is 78.3 Å². The van der Waals surface area contributed by atoms with Crippen LogP contribution in [0.15, 0.2) is 85.2 Å².